The second-order valence-corrected chi connectivity index (χ2v) is 11.3. The number of amides is 1. The predicted octanol–water partition coefficient (Wildman–Crippen LogP) is 3.42. The molecule has 1 aliphatic rings. The molecule has 0 unspecified atom stereocenters. The molecule has 152 valence electrons. The van der Waals surface area contributed by atoms with E-state index in [0.717, 1.165) is 11.3 Å². The summed E-state index contributed by atoms with van der Waals surface area (Å²) in [6.45, 7) is 11.1. The Balaban J connectivity index is 1.94. The van der Waals surface area contributed by atoms with Crippen molar-refractivity contribution in [2.75, 3.05) is 0 Å². The summed E-state index contributed by atoms with van der Waals surface area (Å²) >= 11 is 1.16. The van der Waals surface area contributed by atoms with Crippen LogP contribution in [-0.2, 0) is 14.8 Å². The van der Waals surface area contributed by atoms with E-state index >= 15 is 0 Å². The topological polar surface area (TPSA) is 92.5 Å². The van der Waals surface area contributed by atoms with Crippen molar-refractivity contribution < 1.29 is 17.6 Å². The first kappa shape index (κ1) is 20.8. The maximum atomic E-state index is 13.6. The highest BCUT2D eigenvalue weighted by Gasteiger charge is 2.52. The smallest absolute Gasteiger partial charge is 0.253 e. The third kappa shape index (κ3) is 3.78. The van der Waals surface area contributed by atoms with Gasteiger partial charge in [-0.15, -0.1) is 11.3 Å². The molecular weight excluding hydrogens is 398 g/mol. The van der Waals surface area contributed by atoms with Gasteiger partial charge in [0.1, 0.15) is 4.21 Å². The zero-order chi connectivity index (χ0) is 20.7. The molecule has 1 N–H and O–H groups in total. The van der Waals surface area contributed by atoms with Crippen molar-refractivity contribution in [1.29, 1.82) is 0 Å². The van der Waals surface area contributed by atoms with Crippen molar-refractivity contribution in [3.05, 3.63) is 37.4 Å². The van der Waals surface area contributed by atoms with Crippen LogP contribution in [0.25, 0.3) is 10.6 Å². The summed E-state index contributed by atoms with van der Waals surface area (Å²) < 4.78 is 34.3. The molecule has 9 heteroatoms. The Hall–Kier alpha value is -1.97. The van der Waals surface area contributed by atoms with Gasteiger partial charge in [0.25, 0.3) is 10.0 Å². The normalized spacial score (nSPS) is 20.0. The molecule has 7 nitrogen and oxygen atoms in total. The number of carbonyl (C=O) groups is 1. The minimum absolute atomic E-state index is 0.130. The summed E-state index contributed by atoms with van der Waals surface area (Å²) in [6.07, 6.45) is 5.13. The van der Waals surface area contributed by atoms with Crippen molar-refractivity contribution in [2.24, 2.45) is 0 Å². The molecule has 0 aromatic carbocycles. The Kier molecular flexibility index (Phi) is 5.28. The standard InChI is InChI=1S/C19H25N3O4S2/c1-6-16(23)21-13-9-18(2,3)22(19(4,5)10-13)28(24,25)17-8-7-15(27-17)14-11-20-12-26-14/h6-8,11-13H,1,9-10H2,2-5H3,(H,21,23). The number of sulfonamides is 1. The summed E-state index contributed by atoms with van der Waals surface area (Å²) in [6, 6.07) is 3.21. The van der Waals surface area contributed by atoms with Gasteiger partial charge in [-0.2, -0.15) is 4.31 Å². The number of hydrogen-bond donors (Lipinski definition) is 1. The largest absolute Gasteiger partial charge is 0.443 e. The first-order valence-corrected chi connectivity index (χ1v) is 11.2. The van der Waals surface area contributed by atoms with Crippen LogP contribution in [0.4, 0.5) is 0 Å². The summed E-state index contributed by atoms with van der Waals surface area (Å²) in [5.41, 5.74) is -1.37. The van der Waals surface area contributed by atoms with Crippen LogP contribution < -0.4 is 5.32 Å². The summed E-state index contributed by atoms with van der Waals surface area (Å²) in [5, 5.41) is 2.92. The number of aromatic nitrogens is 1. The summed E-state index contributed by atoms with van der Waals surface area (Å²) in [4.78, 5) is 16.3. The number of rotatable bonds is 5. The number of nitrogens with one attached hydrogen (secondary N) is 1. The summed E-state index contributed by atoms with van der Waals surface area (Å²) in [5.74, 6) is 0.290. The van der Waals surface area contributed by atoms with Gasteiger partial charge < -0.3 is 9.73 Å². The maximum absolute atomic E-state index is 13.6. The summed E-state index contributed by atoms with van der Waals surface area (Å²) in [7, 11) is -3.75. The lowest BCUT2D eigenvalue weighted by Crippen LogP contribution is -2.65. The van der Waals surface area contributed by atoms with Crippen LogP contribution in [0.5, 0.6) is 0 Å². The first-order chi connectivity index (χ1) is 13.0. The number of carbonyl (C=O) groups excluding carboxylic acids is 1. The fourth-order valence-electron chi connectivity index (χ4n) is 4.29. The molecule has 1 amide bonds. The quantitative estimate of drug-likeness (QED) is 0.744. The lowest BCUT2D eigenvalue weighted by molar-refractivity contribution is -0.118. The molecule has 1 aliphatic heterocycles. The molecular formula is C19H25N3O4S2. The van der Waals surface area contributed by atoms with Gasteiger partial charge in [-0.05, 0) is 58.7 Å². The van der Waals surface area contributed by atoms with Crippen molar-refractivity contribution in [3.63, 3.8) is 0 Å². The minimum atomic E-state index is -3.75. The SMILES string of the molecule is C=CC(=O)NC1CC(C)(C)N(S(=O)(=O)c2ccc(-c3cnco3)s2)C(C)(C)C1. The molecule has 0 radical (unpaired) electrons. The molecule has 1 saturated heterocycles. The van der Waals surface area contributed by atoms with Crippen LogP contribution in [0.3, 0.4) is 0 Å². The second kappa shape index (κ2) is 7.13. The second-order valence-electron chi connectivity index (χ2n) is 8.20. The molecule has 0 bridgehead atoms. The molecule has 2 aromatic rings. The number of oxazole rings is 1. The molecule has 3 heterocycles. The Bertz CT molecular complexity index is 957. The van der Waals surface area contributed by atoms with E-state index in [1.165, 1.54) is 12.5 Å². The highest BCUT2D eigenvalue weighted by Crippen LogP contribution is 2.44. The zero-order valence-corrected chi connectivity index (χ0v) is 18.1. The van der Waals surface area contributed by atoms with E-state index in [4.69, 9.17) is 4.42 Å². The van der Waals surface area contributed by atoms with Crippen LogP contribution >= 0.6 is 11.3 Å². The van der Waals surface area contributed by atoms with Gasteiger partial charge in [-0.25, -0.2) is 13.4 Å². The molecule has 28 heavy (non-hydrogen) atoms. The average molecular weight is 424 g/mol. The Morgan fingerprint density at radius 3 is 2.50 bits per heavy atom. The number of hydrogen-bond acceptors (Lipinski definition) is 6. The highest BCUT2D eigenvalue weighted by molar-refractivity contribution is 7.91. The average Bonchev–Trinajstić information content (AvgIpc) is 3.23. The van der Waals surface area contributed by atoms with Gasteiger partial charge in [0.05, 0.1) is 11.1 Å². The van der Waals surface area contributed by atoms with Crippen molar-refractivity contribution in [1.82, 2.24) is 14.6 Å². The van der Waals surface area contributed by atoms with Crippen LogP contribution in [0.2, 0.25) is 0 Å². The fraction of sp³-hybridized carbons (Fsp3) is 0.474. The van der Waals surface area contributed by atoms with Gasteiger partial charge >= 0.3 is 0 Å². The van der Waals surface area contributed by atoms with E-state index in [1.807, 2.05) is 27.7 Å². The molecule has 0 atom stereocenters. The third-order valence-electron chi connectivity index (χ3n) is 4.87. The Labute approximate surface area is 169 Å². The van der Waals surface area contributed by atoms with Crippen molar-refractivity contribution in [2.45, 2.75) is 61.9 Å². The predicted molar refractivity (Wildman–Crippen MR) is 108 cm³/mol. The highest BCUT2D eigenvalue weighted by atomic mass is 32.2. The molecule has 0 spiro atoms. The fourth-order valence-corrected chi connectivity index (χ4v) is 7.77. The lowest BCUT2D eigenvalue weighted by atomic mass is 9.79. The molecule has 1 fully saturated rings. The van der Waals surface area contributed by atoms with E-state index in [-0.39, 0.29) is 16.2 Å². The van der Waals surface area contributed by atoms with Crippen LogP contribution in [0.1, 0.15) is 40.5 Å². The maximum Gasteiger partial charge on any atom is 0.253 e. The van der Waals surface area contributed by atoms with E-state index < -0.39 is 21.1 Å². The molecule has 2 aromatic heterocycles. The minimum Gasteiger partial charge on any atom is -0.443 e. The van der Waals surface area contributed by atoms with Gasteiger partial charge in [0.15, 0.2) is 12.2 Å². The van der Waals surface area contributed by atoms with Crippen molar-refractivity contribution >= 4 is 27.3 Å². The Morgan fingerprint density at radius 2 is 1.96 bits per heavy atom. The Morgan fingerprint density at radius 1 is 1.32 bits per heavy atom. The van der Waals surface area contributed by atoms with Gasteiger partial charge in [0.2, 0.25) is 5.91 Å². The number of thiophene rings is 1. The van der Waals surface area contributed by atoms with E-state index in [2.05, 4.69) is 16.9 Å². The first-order valence-electron chi connectivity index (χ1n) is 8.94. The van der Waals surface area contributed by atoms with E-state index in [0.29, 0.717) is 23.5 Å². The molecule has 3 rings (SSSR count). The van der Waals surface area contributed by atoms with E-state index in [1.54, 1.807) is 22.6 Å². The van der Waals surface area contributed by atoms with Gasteiger partial charge in [0, 0.05) is 17.1 Å². The van der Waals surface area contributed by atoms with Crippen LogP contribution in [0, 0.1) is 0 Å². The van der Waals surface area contributed by atoms with Gasteiger partial charge in [-0.1, -0.05) is 6.58 Å². The zero-order valence-electron chi connectivity index (χ0n) is 16.4. The van der Waals surface area contributed by atoms with Crippen LogP contribution in [0.15, 0.2) is 46.0 Å². The van der Waals surface area contributed by atoms with Gasteiger partial charge in [-0.3, -0.25) is 4.79 Å². The molecule has 0 saturated carbocycles. The number of piperidine rings is 1. The third-order valence-corrected chi connectivity index (χ3v) is 8.76. The molecule has 0 aliphatic carbocycles. The number of nitrogens with zero attached hydrogens (tertiary/aromatic N) is 2. The monoisotopic (exact) mass is 423 g/mol. The van der Waals surface area contributed by atoms with Crippen LogP contribution in [-0.4, -0.2) is 40.7 Å². The van der Waals surface area contributed by atoms with Crippen molar-refractivity contribution in [3.8, 4) is 10.6 Å². The lowest BCUT2D eigenvalue weighted by Gasteiger charge is -2.53. The van der Waals surface area contributed by atoms with E-state index in [9.17, 15) is 13.2 Å².